The molecule has 1 aliphatic rings. The van der Waals surface area contributed by atoms with Gasteiger partial charge in [0.15, 0.2) is 0 Å². The van der Waals surface area contributed by atoms with Crippen LogP contribution in [0.25, 0.3) is 10.8 Å². The fraction of sp³-hybridized carbons (Fsp3) is 0. The number of nitrogens with zero attached hydrogens (tertiary/aromatic N) is 1. The fourth-order valence-electron chi connectivity index (χ4n) is 2.90. The summed E-state index contributed by atoms with van der Waals surface area (Å²) in [7, 11) is 0. The summed E-state index contributed by atoms with van der Waals surface area (Å²) in [5.74, 6) is -0.622. The number of fused-ring (bicyclic) bond motifs is 1. The number of hydrogen-bond donors (Lipinski definition) is 1. The minimum absolute atomic E-state index is 0.311. The lowest BCUT2D eigenvalue weighted by Crippen LogP contribution is -2.31. The van der Waals surface area contributed by atoms with Crippen LogP contribution in [-0.4, -0.2) is 11.8 Å². The largest absolute Gasteiger partial charge is 0.400 e. The van der Waals surface area contributed by atoms with Gasteiger partial charge >= 0.3 is 11.8 Å². The Kier molecular flexibility index (Phi) is 3.44. The van der Waals surface area contributed by atoms with Crippen molar-refractivity contribution >= 4 is 39.6 Å². The molecule has 2 amide bonds. The van der Waals surface area contributed by atoms with E-state index in [0.29, 0.717) is 5.69 Å². The van der Waals surface area contributed by atoms with E-state index >= 15 is 0 Å². The molecule has 1 radical (unpaired) electrons. The average Bonchev–Trinajstić information content (AvgIpc) is 2.95. The summed E-state index contributed by atoms with van der Waals surface area (Å²) < 4.78 is 0. The van der Waals surface area contributed by atoms with Crippen molar-refractivity contribution in [2.75, 3.05) is 5.32 Å². The summed E-state index contributed by atoms with van der Waals surface area (Å²) in [5, 5.41) is 5.18. The second-order valence-corrected chi connectivity index (χ2v) is 5.51. The highest BCUT2D eigenvalue weighted by atomic mass is 16.2. The second-order valence-electron chi connectivity index (χ2n) is 5.51. The monoisotopic (exact) mass is 314 g/mol. The van der Waals surface area contributed by atoms with Gasteiger partial charge in [0, 0.05) is 27.7 Å². The number of imide groups is 1. The average molecular weight is 314 g/mol. The Balaban J connectivity index is 1.84. The van der Waals surface area contributed by atoms with Gasteiger partial charge in [-0.15, -0.1) is 0 Å². The fourth-order valence-corrected chi connectivity index (χ4v) is 2.90. The zero-order valence-electron chi connectivity index (χ0n) is 12.8. The van der Waals surface area contributed by atoms with E-state index in [0.717, 1.165) is 22.1 Å². The van der Waals surface area contributed by atoms with Gasteiger partial charge in [-0.1, -0.05) is 36.4 Å². The minimum atomic E-state index is -0.311. The van der Waals surface area contributed by atoms with E-state index in [1.807, 2.05) is 60.7 Å². The third-order valence-electron chi connectivity index (χ3n) is 4.00. The summed E-state index contributed by atoms with van der Waals surface area (Å²) >= 11 is 0. The summed E-state index contributed by atoms with van der Waals surface area (Å²) in [6.07, 6.45) is 2.60. The molecule has 4 rings (SSSR count). The van der Waals surface area contributed by atoms with Crippen LogP contribution in [0.4, 0.5) is 17.1 Å². The molecule has 1 heterocycles. The highest BCUT2D eigenvalue weighted by Gasteiger charge is 2.40. The number of anilines is 3. The van der Waals surface area contributed by atoms with Gasteiger partial charge in [0.1, 0.15) is 0 Å². The Bertz CT molecular complexity index is 959. The standard InChI is InChI=1S/C20H14N2O2/c23-19-12-13-20(24)22(19)18-11-10-17(15-8-4-5-9-16(15)18)21-14-6-2-1-3-7-14/h1-13,21H/q+1. The number of para-hydroxylation sites is 1. The number of nitrogens with one attached hydrogen (secondary N) is 1. The molecular formula is C20H14N2O2+. The van der Waals surface area contributed by atoms with Crippen LogP contribution >= 0.6 is 0 Å². The summed E-state index contributed by atoms with van der Waals surface area (Å²) in [6.45, 7) is 0. The molecule has 115 valence electrons. The molecule has 0 bridgehead atoms. The molecule has 4 heteroatoms. The lowest BCUT2D eigenvalue weighted by molar-refractivity contribution is -0.127. The summed E-state index contributed by atoms with van der Waals surface area (Å²) in [5.41, 5.74) is 2.50. The maximum atomic E-state index is 12.0. The van der Waals surface area contributed by atoms with Crippen molar-refractivity contribution in [3.05, 3.63) is 78.9 Å². The highest BCUT2D eigenvalue weighted by Crippen LogP contribution is 2.34. The summed E-state index contributed by atoms with van der Waals surface area (Å²) in [6, 6.07) is 21.3. The quantitative estimate of drug-likeness (QED) is 0.588. The molecule has 0 unspecified atom stereocenters. The minimum Gasteiger partial charge on any atom is -0.355 e. The van der Waals surface area contributed by atoms with Crippen molar-refractivity contribution in [3.8, 4) is 0 Å². The van der Waals surface area contributed by atoms with E-state index < -0.39 is 0 Å². The third-order valence-corrected chi connectivity index (χ3v) is 4.00. The van der Waals surface area contributed by atoms with E-state index in [1.54, 1.807) is 6.07 Å². The molecule has 0 saturated carbocycles. The van der Waals surface area contributed by atoms with Crippen LogP contribution in [0.3, 0.4) is 0 Å². The normalized spacial score (nSPS) is 14.5. The number of amides is 2. The molecule has 0 aliphatic carbocycles. The van der Waals surface area contributed by atoms with Crippen LogP contribution in [0.15, 0.2) is 78.9 Å². The molecular weight excluding hydrogens is 300 g/mol. The predicted molar refractivity (Wildman–Crippen MR) is 94.6 cm³/mol. The van der Waals surface area contributed by atoms with E-state index in [2.05, 4.69) is 5.32 Å². The first-order chi connectivity index (χ1) is 11.7. The van der Waals surface area contributed by atoms with Crippen molar-refractivity contribution < 1.29 is 9.59 Å². The van der Waals surface area contributed by atoms with Crippen LogP contribution in [0.1, 0.15) is 0 Å². The molecule has 1 aliphatic heterocycles. The molecule has 1 N–H and O–H groups in total. The number of carbonyl (C=O) groups is 2. The van der Waals surface area contributed by atoms with Crippen LogP contribution in [-0.2, 0) is 9.59 Å². The molecule has 0 spiro atoms. The van der Waals surface area contributed by atoms with Crippen LogP contribution in [0.2, 0.25) is 0 Å². The Morgan fingerprint density at radius 3 is 2.00 bits per heavy atom. The molecule has 0 saturated heterocycles. The topological polar surface area (TPSA) is 52.1 Å². The van der Waals surface area contributed by atoms with Crippen LogP contribution in [0.5, 0.6) is 0 Å². The number of hydrogen-bond acceptors (Lipinski definition) is 3. The zero-order valence-corrected chi connectivity index (χ0v) is 12.8. The van der Waals surface area contributed by atoms with Gasteiger partial charge in [-0.2, -0.15) is 0 Å². The van der Waals surface area contributed by atoms with E-state index in [4.69, 9.17) is 0 Å². The smallest absolute Gasteiger partial charge is 0.355 e. The predicted octanol–water partition coefficient (Wildman–Crippen LogP) is 3.98. The lowest BCUT2D eigenvalue weighted by Gasteiger charge is -2.11. The van der Waals surface area contributed by atoms with Crippen molar-refractivity contribution in [1.82, 2.24) is 4.90 Å². The van der Waals surface area contributed by atoms with Crippen LogP contribution in [0, 0.1) is 0 Å². The maximum absolute atomic E-state index is 12.0. The first-order valence-electron chi connectivity index (χ1n) is 7.64. The lowest BCUT2D eigenvalue weighted by atomic mass is 10.1. The maximum Gasteiger partial charge on any atom is 0.400 e. The van der Waals surface area contributed by atoms with Crippen molar-refractivity contribution in [2.45, 2.75) is 0 Å². The zero-order chi connectivity index (χ0) is 16.5. The molecule has 4 nitrogen and oxygen atoms in total. The van der Waals surface area contributed by atoms with E-state index in [9.17, 15) is 9.59 Å². The van der Waals surface area contributed by atoms with Crippen LogP contribution < -0.4 is 10.2 Å². The van der Waals surface area contributed by atoms with Gasteiger partial charge in [-0.25, -0.2) is 9.59 Å². The molecule has 3 aromatic carbocycles. The third kappa shape index (κ3) is 2.39. The Morgan fingerprint density at radius 2 is 1.29 bits per heavy atom. The number of carbonyl (C=O) groups excluding carboxylic acids is 2. The van der Waals surface area contributed by atoms with Gasteiger partial charge < -0.3 is 5.32 Å². The van der Waals surface area contributed by atoms with Crippen molar-refractivity contribution in [1.29, 1.82) is 0 Å². The molecule has 0 fully saturated rings. The van der Waals surface area contributed by atoms with E-state index in [1.165, 1.54) is 17.1 Å². The molecule has 0 atom stereocenters. The number of rotatable bonds is 3. The second kappa shape index (κ2) is 5.76. The highest BCUT2D eigenvalue weighted by molar-refractivity contribution is 6.22. The molecule has 24 heavy (non-hydrogen) atoms. The Hall–Kier alpha value is -3.24. The van der Waals surface area contributed by atoms with Gasteiger partial charge in [0.25, 0.3) is 0 Å². The van der Waals surface area contributed by atoms with Gasteiger partial charge in [0.05, 0.1) is 17.5 Å². The van der Waals surface area contributed by atoms with Crippen molar-refractivity contribution in [3.63, 3.8) is 0 Å². The van der Waals surface area contributed by atoms with Gasteiger partial charge in [0.2, 0.25) is 5.69 Å². The summed E-state index contributed by atoms with van der Waals surface area (Å²) in [4.78, 5) is 25.2. The van der Waals surface area contributed by atoms with E-state index in [-0.39, 0.29) is 11.8 Å². The van der Waals surface area contributed by atoms with Gasteiger partial charge in [-0.05, 0) is 24.3 Å². The SMILES string of the molecule is O=C1C=CC(=O)[N+]1c1ccc(Nc2ccccc2)c2ccccc12. The molecule has 0 aromatic heterocycles. The van der Waals surface area contributed by atoms with Gasteiger partial charge in [-0.3, -0.25) is 0 Å². The first-order valence-corrected chi connectivity index (χ1v) is 7.64. The first kappa shape index (κ1) is 14.4. The number of benzene rings is 3. The Labute approximate surface area is 139 Å². The van der Waals surface area contributed by atoms with Crippen molar-refractivity contribution in [2.24, 2.45) is 0 Å². The molecule has 3 aromatic rings. The Morgan fingerprint density at radius 1 is 0.667 bits per heavy atom.